The maximum Gasteiger partial charge on any atom is 0.351 e. The van der Waals surface area contributed by atoms with Crippen molar-refractivity contribution in [2.45, 2.75) is 31.9 Å². The van der Waals surface area contributed by atoms with Crippen molar-refractivity contribution in [1.82, 2.24) is 14.9 Å². The highest BCUT2D eigenvalue weighted by molar-refractivity contribution is 8.04. The number of hydrogen-bond donors (Lipinski definition) is 1. The van der Waals surface area contributed by atoms with Gasteiger partial charge in [0.1, 0.15) is 17.7 Å². The van der Waals surface area contributed by atoms with E-state index in [9.17, 15) is 14.9 Å². The summed E-state index contributed by atoms with van der Waals surface area (Å²) in [7, 11) is 0. The van der Waals surface area contributed by atoms with Crippen LogP contribution in [0.25, 0.3) is 0 Å². The second kappa shape index (κ2) is 8.53. The van der Waals surface area contributed by atoms with Gasteiger partial charge in [-0.3, -0.25) is 4.79 Å². The zero-order chi connectivity index (χ0) is 18.4. The van der Waals surface area contributed by atoms with E-state index in [0.717, 1.165) is 11.4 Å². The van der Waals surface area contributed by atoms with Crippen LogP contribution in [0, 0.1) is 18.3 Å². The second-order valence-electron chi connectivity index (χ2n) is 5.38. The predicted molar refractivity (Wildman–Crippen MR) is 94.2 cm³/mol. The molecule has 1 atom stereocenters. The Kier molecular flexibility index (Phi) is 6.42. The summed E-state index contributed by atoms with van der Waals surface area (Å²) in [4.78, 5) is 33.4. The van der Waals surface area contributed by atoms with Gasteiger partial charge in [-0.2, -0.15) is 5.26 Å². The molecule has 2 heterocycles. The van der Waals surface area contributed by atoms with E-state index < -0.39 is 5.97 Å². The first kappa shape index (κ1) is 18.8. The van der Waals surface area contributed by atoms with Gasteiger partial charge in [0.15, 0.2) is 5.57 Å². The quantitative estimate of drug-likeness (QED) is 0.346. The molecule has 0 saturated carbocycles. The number of aromatic nitrogens is 2. The third-order valence-electron chi connectivity index (χ3n) is 3.80. The molecule has 2 rings (SSSR count). The van der Waals surface area contributed by atoms with Crippen molar-refractivity contribution in [3.05, 3.63) is 41.0 Å². The highest BCUT2D eigenvalue weighted by Gasteiger charge is 2.39. The molecular formula is C17H20N4O3S. The standard InChI is InChI=1S/C17H20N4O3S/c1-4-8-24-17(23)12(9-18)16-21(5-2)15(22)14(25-16)7-6-13-11(3)19-10-20-13/h4,10,14H,1,5-8H2,2-3H3,(H,19,20)/b16-12-. The van der Waals surface area contributed by atoms with E-state index in [1.54, 1.807) is 6.33 Å². The number of imidazole rings is 1. The van der Waals surface area contributed by atoms with Crippen LogP contribution in [-0.4, -0.2) is 45.1 Å². The summed E-state index contributed by atoms with van der Waals surface area (Å²) < 4.78 is 4.95. The molecule has 0 aromatic carbocycles. The molecular weight excluding hydrogens is 340 g/mol. The maximum absolute atomic E-state index is 12.6. The average Bonchev–Trinajstić information content (AvgIpc) is 3.15. The number of carbonyl (C=O) groups excluding carboxylic acids is 2. The Morgan fingerprint density at radius 3 is 2.96 bits per heavy atom. The van der Waals surface area contributed by atoms with Crippen LogP contribution in [-0.2, 0) is 20.7 Å². The van der Waals surface area contributed by atoms with E-state index in [-0.39, 0.29) is 23.3 Å². The summed E-state index contributed by atoms with van der Waals surface area (Å²) in [6.45, 7) is 7.62. The highest BCUT2D eigenvalue weighted by atomic mass is 32.2. The van der Waals surface area contributed by atoms with E-state index in [0.29, 0.717) is 24.4 Å². The number of esters is 1. The number of ether oxygens (including phenoxy) is 1. The molecule has 1 aliphatic heterocycles. The minimum atomic E-state index is -0.736. The first-order valence-electron chi connectivity index (χ1n) is 7.92. The van der Waals surface area contributed by atoms with Gasteiger partial charge in [-0.05, 0) is 26.7 Å². The second-order valence-corrected chi connectivity index (χ2v) is 6.57. The zero-order valence-corrected chi connectivity index (χ0v) is 15.1. The maximum atomic E-state index is 12.6. The molecule has 132 valence electrons. The SMILES string of the molecule is C=CCOC(=O)/C(C#N)=C1\SC(CCc2nc[nH]c2C)C(=O)N1CC. The minimum Gasteiger partial charge on any atom is -0.457 e. The summed E-state index contributed by atoms with van der Waals surface area (Å²) in [5.41, 5.74) is 1.75. The fourth-order valence-corrected chi connectivity index (χ4v) is 3.82. The summed E-state index contributed by atoms with van der Waals surface area (Å²) in [6, 6.07) is 1.88. The van der Waals surface area contributed by atoms with Crippen molar-refractivity contribution < 1.29 is 14.3 Å². The Morgan fingerprint density at radius 1 is 1.64 bits per heavy atom. The Hall–Kier alpha value is -2.53. The van der Waals surface area contributed by atoms with Crippen LogP contribution in [0.2, 0.25) is 0 Å². The molecule has 25 heavy (non-hydrogen) atoms. The van der Waals surface area contributed by atoms with Crippen LogP contribution in [0.3, 0.4) is 0 Å². The largest absolute Gasteiger partial charge is 0.457 e. The number of nitriles is 1. The number of thioether (sulfide) groups is 1. The van der Waals surface area contributed by atoms with Crippen molar-refractivity contribution in [3.8, 4) is 6.07 Å². The minimum absolute atomic E-state index is 0.0178. The molecule has 0 spiro atoms. The molecule has 8 heteroatoms. The van der Waals surface area contributed by atoms with Crippen molar-refractivity contribution in [1.29, 1.82) is 5.26 Å². The Labute approximate surface area is 150 Å². The highest BCUT2D eigenvalue weighted by Crippen LogP contribution is 2.39. The number of amides is 1. The number of H-pyrrole nitrogens is 1. The van der Waals surface area contributed by atoms with Gasteiger partial charge in [0.2, 0.25) is 5.91 Å². The van der Waals surface area contributed by atoms with Gasteiger partial charge < -0.3 is 14.6 Å². The van der Waals surface area contributed by atoms with Crippen LogP contribution in [0.1, 0.15) is 24.7 Å². The van der Waals surface area contributed by atoms with Crippen LogP contribution >= 0.6 is 11.8 Å². The van der Waals surface area contributed by atoms with Crippen LogP contribution in [0.4, 0.5) is 0 Å². The van der Waals surface area contributed by atoms with E-state index in [2.05, 4.69) is 16.5 Å². The summed E-state index contributed by atoms with van der Waals surface area (Å²) in [6.07, 6.45) is 4.28. The smallest absolute Gasteiger partial charge is 0.351 e. The fourth-order valence-electron chi connectivity index (χ4n) is 2.49. The van der Waals surface area contributed by atoms with E-state index in [1.807, 2.05) is 19.9 Å². The number of hydrogen-bond acceptors (Lipinski definition) is 6. The van der Waals surface area contributed by atoms with Crippen molar-refractivity contribution >= 4 is 23.6 Å². The lowest BCUT2D eigenvalue weighted by Gasteiger charge is -2.15. The van der Waals surface area contributed by atoms with Crippen LogP contribution < -0.4 is 0 Å². The first-order chi connectivity index (χ1) is 12.0. The van der Waals surface area contributed by atoms with Gasteiger partial charge >= 0.3 is 5.97 Å². The number of nitrogens with zero attached hydrogens (tertiary/aromatic N) is 3. The molecule has 0 radical (unpaired) electrons. The van der Waals surface area contributed by atoms with Gasteiger partial charge in [0, 0.05) is 12.2 Å². The topological polar surface area (TPSA) is 99.1 Å². The fraction of sp³-hybridized carbons (Fsp3) is 0.412. The number of aromatic amines is 1. The Balaban J connectivity index is 2.18. The first-order valence-corrected chi connectivity index (χ1v) is 8.80. The van der Waals surface area contributed by atoms with Gasteiger partial charge in [0.05, 0.1) is 17.3 Å². The molecule has 7 nitrogen and oxygen atoms in total. The summed E-state index contributed by atoms with van der Waals surface area (Å²) in [5.74, 6) is -0.833. The monoisotopic (exact) mass is 360 g/mol. The lowest BCUT2D eigenvalue weighted by atomic mass is 10.1. The van der Waals surface area contributed by atoms with Gasteiger partial charge in [-0.1, -0.05) is 24.4 Å². The van der Waals surface area contributed by atoms with Gasteiger partial charge in [-0.15, -0.1) is 0 Å². The molecule has 0 bridgehead atoms. The Morgan fingerprint density at radius 2 is 2.40 bits per heavy atom. The summed E-state index contributed by atoms with van der Waals surface area (Å²) in [5, 5.41) is 9.38. The molecule has 1 aromatic rings. The van der Waals surface area contributed by atoms with E-state index in [1.165, 1.54) is 22.7 Å². The van der Waals surface area contributed by atoms with E-state index in [4.69, 9.17) is 4.74 Å². The van der Waals surface area contributed by atoms with E-state index >= 15 is 0 Å². The van der Waals surface area contributed by atoms with Gasteiger partial charge in [-0.25, -0.2) is 9.78 Å². The number of carbonyl (C=O) groups is 2. The molecule has 1 saturated heterocycles. The molecule has 0 aliphatic carbocycles. The summed E-state index contributed by atoms with van der Waals surface area (Å²) >= 11 is 1.24. The zero-order valence-electron chi connectivity index (χ0n) is 14.2. The number of rotatable bonds is 7. The third-order valence-corrected chi connectivity index (χ3v) is 5.17. The predicted octanol–water partition coefficient (Wildman–Crippen LogP) is 2.08. The third kappa shape index (κ3) is 4.12. The normalized spacial score (nSPS) is 18.8. The van der Waals surface area contributed by atoms with Crippen molar-refractivity contribution in [2.24, 2.45) is 0 Å². The number of aryl methyl sites for hydroxylation is 2. The van der Waals surface area contributed by atoms with Crippen LogP contribution in [0.5, 0.6) is 0 Å². The molecule has 1 N–H and O–H groups in total. The molecule has 1 unspecified atom stereocenters. The van der Waals surface area contributed by atoms with Crippen molar-refractivity contribution in [2.75, 3.05) is 13.2 Å². The molecule has 1 aromatic heterocycles. The lowest BCUT2D eigenvalue weighted by Crippen LogP contribution is -2.29. The molecule has 1 fully saturated rings. The number of nitrogens with one attached hydrogen (secondary N) is 1. The van der Waals surface area contributed by atoms with Gasteiger partial charge in [0.25, 0.3) is 0 Å². The lowest BCUT2D eigenvalue weighted by molar-refractivity contribution is -0.137. The van der Waals surface area contributed by atoms with Crippen molar-refractivity contribution in [3.63, 3.8) is 0 Å². The molecule has 1 amide bonds. The van der Waals surface area contributed by atoms with Crippen LogP contribution in [0.15, 0.2) is 29.6 Å². The average molecular weight is 360 g/mol. The molecule has 1 aliphatic rings. The Bertz CT molecular complexity index is 747.